The van der Waals surface area contributed by atoms with Crippen molar-refractivity contribution >= 4 is 5.97 Å². The molecule has 1 aliphatic heterocycles. The summed E-state index contributed by atoms with van der Waals surface area (Å²) in [4.78, 5) is 11.1. The van der Waals surface area contributed by atoms with Gasteiger partial charge in [0.2, 0.25) is 0 Å². The van der Waals surface area contributed by atoms with Gasteiger partial charge in [-0.2, -0.15) is 0 Å². The quantitative estimate of drug-likeness (QED) is 0.768. The first-order valence-electron chi connectivity index (χ1n) is 6.38. The number of esters is 1. The Bertz CT molecular complexity index is 435. The van der Waals surface area contributed by atoms with Gasteiger partial charge in [0.25, 0.3) is 0 Å². The molecule has 0 radical (unpaired) electrons. The maximum absolute atomic E-state index is 11.1. The van der Waals surface area contributed by atoms with Crippen LogP contribution in [0.25, 0.3) is 0 Å². The Kier molecular flexibility index (Phi) is 5.08. The van der Waals surface area contributed by atoms with Gasteiger partial charge in [-0.15, -0.1) is 0 Å². The number of benzene rings is 1. The zero-order chi connectivity index (χ0) is 14.5. The van der Waals surface area contributed by atoms with Gasteiger partial charge in [0, 0.05) is 6.92 Å². The normalized spacial score (nSPS) is 29.9. The highest BCUT2D eigenvalue weighted by Crippen LogP contribution is 2.21. The van der Waals surface area contributed by atoms with Crippen LogP contribution in [0.4, 0.5) is 0 Å². The molecule has 1 aromatic rings. The molecule has 2 N–H and O–H groups in total. The molecule has 0 bridgehead atoms. The highest BCUT2D eigenvalue weighted by molar-refractivity contribution is 5.66. The fourth-order valence-electron chi connectivity index (χ4n) is 1.98. The predicted octanol–water partition coefficient (Wildman–Crippen LogP) is 0.213. The number of carbonyl (C=O) groups is 1. The summed E-state index contributed by atoms with van der Waals surface area (Å²) in [5.41, 5.74) is 0.929. The van der Waals surface area contributed by atoms with E-state index in [-0.39, 0.29) is 13.2 Å². The van der Waals surface area contributed by atoms with Crippen molar-refractivity contribution in [2.45, 2.75) is 38.1 Å². The van der Waals surface area contributed by atoms with E-state index in [0.717, 1.165) is 5.56 Å². The molecular formula is C14H18O6. The highest BCUT2D eigenvalue weighted by atomic mass is 16.7. The molecule has 1 fully saturated rings. The Labute approximate surface area is 116 Å². The van der Waals surface area contributed by atoms with Crippen LogP contribution in [0.15, 0.2) is 30.3 Å². The van der Waals surface area contributed by atoms with Crippen molar-refractivity contribution < 1.29 is 29.2 Å². The van der Waals surface area contributed by atoms with Crippen LogP contribution in [-0.2, 0) is 25.6 Å². The lowest BCUT2D eigenvalue weighted by molar-refractivity contribution is -0.278. The van der Waals surface area contributed by atoms with Crippen molar-refractivity contribution in [3.8, 4) is 0 Å². The lowest BCUT2D eigenvalue weighted by Gasteiger charge is -2.37. The number of ether oxygens (including phenoxy) is 3. The zero-order valence-electron chi connectivity index (χ0n) is 11.1. The van der Waals surface area contributed by atoms with Crippen molar-refractivity contribution in [1.82, 2.24) is 0 Å². The summed E-state index contributed by atoms with van der Waals surface area (Å²) in [5.74, 6) is -0.569. The minimum absolute atomic E-state index is 0.0710. The molecule has 0 spiro atoms. The van der Waals surface area contributed by atoms with E-state index in [9.17, 15) is 15.0 Å². The van der Waals surface area contributed by atoms with Crippen molar-refractivity contribution in [2.24, 2.45) is 0 Å². The molecule has 0 aliphatic carbocycles. The van der Waals surface area contributed by atoms with E-state index < -0.39 is 30.6 Å². The second-order valence-electron chi connectivity index (χ2n) is 4.63. The Morgan fingerprint density at radius 3 is 2.70 bits per heavy atom. The summed E-state index contributed by atoms with van der Waals surface area (Å²) in [5, 5.41) is 19.4. The van der Waals surface area contributed by atoms with Crippen LogP contribution in [0.5, 0.6) is 0 Å². The van der Waals surface area contributed by atoms with Gasteiger partial charge in [0.15, 0.2) is 12.4 Å². The Balaban J connectivity index is 1.98. The van der Waals surface area contributed by atoms with Gasteiger partial charge in [-0.05, 0) is 5.56 Å². The highest BCUT2D eigenvalue weighted by Gasteiger charge is 2.41. The van der Waals surface area contributed by atoms with Gasteiger partial charge >= 0.3 is 5.97 Å². The number of hydrogen-bond donors (Lipinski definition) is 2. The van der Waals surface area contributed by atoms with E-state index in [1.54, 1.807) is 0 Å². The average molecular weight is 282 g/mol. The molecule has 110 valence electrons. The predicted molar refractivity (Wildman–Crippen MR) is 68.5 cm³/mol. The van der Waals surface area contributed by atoms with Crippen molar-refractivity contribution in [2.75, 3.05) is 6.61 Å². The standard InChI is InChI=1S/C14H18O6/c1-9(15)20-13-12(17)11(16)8-19-14(13)18-7-10-5-3-2-4-6-10/h2-6,11-14,16-17H,7-8H2,1H3/t11-,12-,13+,14-/m0/s1. The third-order valence-corrected chi connectivity index (χ3v) is 2.99. The third-order valence-electron chi connectivity index (χ3n) is 2.99. The number of carbonyl (C=O) groups excluding carboxylic acids is 1. The van der Waals surface area contributed by atoms with Crippen molar-refractivity contribution in [1.29, 1.82) is 0 Å². The van der Waals surface area contributed by atoms with Crippen LogP contribution < -0.4 is 0 Å². The van der Waals surface area contributed by atoms with Crippen LogP contribution in [0.3, 0.4) is 0 Å². The fourth-order valence-corrected chi connectivity index (χ4v) is 1.98. The first-order chi connectivity index (χ1) is 9.58. The number of aliphatic hydroxyl groups excluding tert-OH is 2. The molecule has 0 amide bonds. The van der Waals surface area contributed by atoms with E-state index in [4.69, 9.17) is 14.2 Å². The molecule has 6 nitrogen and oxygen atoms in total. The summed E-state index contributed by atoms with van der Waals surface area (Å²) < 4.78 is 15.8. The molecule has 6 heteroatoms. The van der Waals surface area contributed by atoms with Gasteiger partial charge < -0.3 is 24.4 Å². The van der Waals surface area contributed by atoms with Gasteiger partial charge in [-0.3, -0.25) is 4.79 Å². The molecule has 1 aliphatic rings. The molecule has 20 heavy (non-hydrogen) atoms. The van der Waals surface area contributed by atoms with Gasteiger partial charge in [-0.1, -0.05) is 30.3 Å². The molecular weight excluding hydrogens is 264 g/mol. The molecule has 1 saturated heterocycles. The largest absolute Gasteiger partial charge is 0.454 e. The van der Waals surface area contributed by atoms with E-state index >= 15 is 0 Å². The molecule has 4 atom stereocenters. The minimum atomic E-state index is -1.23. The second-order valence-corrected chi connectivity index (χ2v) is 4.63. The SMILES string of the molecule is CC(=O)O[C@H]1[C@@H](OCc2ccccc2)OC[C@H](O)[C@@H]1O. The average Bonchev–Trinajstić information content (AvgIpc) is 2.44. The lowest BCUT2D eigenvalue weighted by atomic mass is 10.1. The van der Waals surface area contributed by atoms with Gasteiger partial charge in [0.1, 0.15) is 12.2 Å². The topological polar surface area (TPSA) is 85.2 Å². The molecule has 1 aromatic carbocycles. The Morgan fingerprint density at radius 2 is 2.05 bits per heavy atom. The minimum Gasteiger partial charge on any atom is -0.454 e. The number of rotatable bonds is 4. The molecule has 0 aromatic heterocycles. The van der Waals surface area contributed by atoms with Crippen LogP contribution >= 0.6 is 0 Å². The molecule has 1 heterocycles. The van der Waals surface area contributed by atoms with Gasteiger partial charge in [-0.25, -0.2) is 0 Å². The monoisotopic (exact) mass is 282 g/mol. The van der Waals surface area contributed by atoms with Crippen LogP contribution in [0.2, 0.25) is 0 Å². The maximum Gasteiger partial charge on any atom is 0.303 e. The summed E-state index contributed by atoms with van der Waals surface area (Å²) in [7, 11) is 0. The Morgan fingerprint density at radius 1 is 1.35 bits per heavy atom. The maximum atomic E-state index is 11.1. The molecule has 2 rings (SSSR count). The number of aliphatic hydroxyl groups is 2. The van der Waals surface area contributed by atoms with Crippen molar-refractivity contribution in [3.05, 3.63) is 35.9 Å². The number of hydrogen-bond acceptors (Lipinski definition) is 6. The molecule has 0 unspecified atom stereocenters. The first kappa shape index (κ1) is 14.9. The van der Waals surface area contributed by atoms with Crippen LogP contribution in [0.1, 0.15) is 12.5 Å². The van der Waals surface area contributed by atoms with E-state index in [1.165, 1.54) is 6.92 Å². The Hall–Kier alpha value is -1.47. The fraction of sp³-hybridized carbons (Fsp3) is 0.500. The smallest absolute Gasteiger partial charge is 0.303 e. The lowest BCUT2D eigenvalue weighted by Crippen LogP contribution is -2.55. The summed E-state index contributed by atoms with van der Waals surface area (Å²) >= 11 is 0. The summed E-state index contributed by atoms with van der Waals surface area (Å²) in [6.07, 6.45) is -4.28. The molecule has 0 saturated carbocycles. The summed E-state index contributed by atoms with van der Waals surface area (Å²) in [6, 6.07) is 9.41. The zero-order valence-corrected chi connectivity index (χ0v) is 11.1. The van der Waals surface area contributed by atoms with E-state index in [2.05, 4.69) is 0 Å². The van der Waals surface area contributed by atoms with Crippen LogP contribution in [-0.4, -0.2) is 47.4 Å². The van der Waals surface area contributed by atoms with E-state index in [1.807, 2.05) is 30.3 Å². The van der Waals surface area contributed by atoms with Crippen molar-refractivity contribution in [3.63, 3.8) is 0 Å². The summed E-state index contributed by atoms with van der Waals surface area (Å²) in [6.45, 7) is 1.41. The second kappa shape index (κ2) is 6.81. The van der Waals surface area contributed by atoms with Crippen LogP contribution in [0, 0.1) is 0 Å². The first-order valence-corrected chi connectivity index (χ1v) is 6.38. The van der Waals surface area contributed by atoms with Gasteiger partial charge in [0.05, 0.1) is 13.2 Å². The van der Waals surface area contributed by atoms with E-state index in [0.29, 0.717) is 0 Å². The third kappa shape index (κ3) is 3.77.